The van der Waals surface area contributed by atoms with Crippen LogP contribution >= 0.6 is 0 Å². The van der Waals surface area contributed by atoms with Crippen LogP contribution in [0.5, 0.6) is 0 Å². The molecule has 30 heavy (non-hydrogen) atoms. The average Bonchev–Trinajstić information content (AvgIpc) is 2.70. The van der Waals surface area contributed by atoms with Crippen molar-refractivity contribution < 1.29 is 18.1 Å². The first-order chi connectivity index (χ1) is 14.1. The topological polar surface area (TPSA) is 110 Å². The summed E-state index contributed by atoms with van der Waals surface area (Å²) < 4.78 is 27.4. The summed E-state index contributed by atoms with van der Waals surface area (Å²) in [6.45, 7) is 5.91. The van der Waals surface area contributed by atoms with Crippen molar-refractivity contribution in [2.24, 2.45) is 5.92 Å². The number of aryl methyl sites for hydroxylation is 3. The van der Waals surface area contributed by atoms with Gasteiger partial charge in [-0.2, -0.15) is 4.31 Å². The van der Waals surface area contributed by atoms with Crippen LogP contribution in [0.3, 0.4) is 0 Å². The van der Waals surface area contributed by atoms with Gasteiger partial charge in [0.05, 0.1) is 9.82 Å². The molecule has 1 amide bonds. The minimum atomic E-state index is -3.87. The molecule has 0 saturated carbocycles. The summed E-state index contributed by atoms with van der Waals surface area (Å²) in [7, 11) is -3.87. The van der Waals surface area contributed by atoms with Gasteiger partial charge in [-0.3, -0.25) is 14.9 Å². The molecule has 0 atom stereocenters. The monoisotopic (exact) mass is 431 g/mol. The predicted molar refractivity (Wildman–Crippen MR) is 114 cm³/mol. The van der Waals surface area contributed by atoms with Crippen LogP contribution in [-0.2, 0) is 14.8 Å². The largest absolute Gasteiger partial charge is 0.326 e. The van der Waals surface area contributed by atoms with Gasteiger partial charge >= 0.3 is 0 Å². The number of hydrogen-bond acceptors (Lipinski definition) is 5. The normalized spacial score (nSPS) is 15.7. The number of anilines is 1. The smallest absolute Gasteiger partial charge is 0.270 e. The van der Waals surface area contributed by atoms with Gasteiger partial charge in [0.15, 0.2) is 0 Å². The Bertz CT molecular complexity index is 1090. The number of hydrogen-bond donors (Lipinski definition) is 1. The molecule has 1 fully saturated rings. The molecule has 0 unspecified atom stereocenters. The molecule has 8 nitrogen and oxygen atoms in total. The molecule has 0 bridgehead atoms. The number of amides is 1. The van der Waals surface area contributed by atoms with E-state index < -0.39 is 14.9 Å². The summed E-state index contributed by atoms with van der Waals surface area (Å²) in [4.78, 5) is 23.0. The number of piperidine rings is 1. The Balaban J connectivity index is 1.69. The molecule has 1 heterocycles. The van der Waals surface area contributed by atoms with Crippen molar-refractivity contribution in [3.63, 3.8) is 0 Å². The third kappa shape index (κ3) is 4.52. The first-order valence-electron chi connectivity index (χ1n) is 9.73. The minimum absolute atomic E-state index is 0.0603. The second-order valence-corrected chi connectivity index (χ2v) is 9.60. The molecule has 1 saturated heterocycles. The Hall–Kier alpha value is -2.78. The molecule has 160 valence electrons. The lowest BCUT2D eigenvalue weighted by atomic mass is 9.97. The van der Waals surface area contributed by atoms with E-state index in [1.807, 2.05) is 32.0 Å². The van der Waals surface area contributed by atoms with Gasteiger partial charge in [0.1, 0.15) is 0 Å². The van der Waals surface area contributed by atoms with E-state index in [2.05, 4.69) is 5.32 Å². The molecule has 3 rings (SSSR count). The van der Waals surface area contributed by atoms with Crippen molar-refractivity contribution >= 4 is 27.3 Å². The van der Waals surface area contributed by atoms with Crippen molar-refractivity contribution in [3.8, 4) is 0 Å². The lowest BCUT2D eigenvalue weighted by Crippen LogP contribution is -2.41. The molecule has 0 spiro atoms. The lowest BCUT2D eigenvalue weighted by molar-refractivity contribution is -0.385. The third-order valence-corrected chi connectivity index (χ3v) is 7.51. The molecule has 0 radical (unpaired) electrons. The van der Waals surface area contributed by atoms with Crippen LogP contribution in [0.1, 0.15) is 29.5 Å². The van der Waals surface area contributed by atoms with Gasteiger partial charge in [-0.05, 0) is 50.8 Å². The Kier molecular flexibility index (Phi) is 6.23. The van der Waals surface area contributed by atoms with Gasteiger partial charge in [-0.1, -0.05) is 23.8 Å². The van der Waals surface area contributed by atoms with Crippen molar-refractivity contribution in [1.82, 2.24) is 4.31 Å². The molecule has 2 aromatic rings. The molecule has 1 N–H and O–H groups in total. The highest BCUT2D eigenvalue weighted by molar-refractivity contribution is 7.89. The van der Waals surface area contributed by atoms with E-state index in [1.54, 1.807) is 6.92 Å². The number of benzene rings is 2. The van der Waals surface area contributed by atoms with E-state index in [0.29, 0.717) is 18.4 Å². The second kappa shape index (κ2) is 8.53. The molecule has 1 aliphatic rings. The van der Waals surface area contributed by atoms with Gasteiger partial charge in [0, 0.05) is 36.8 Å². The average molecular weight is 432 g/mol. The summed E-state index contributed by atoms with van der Waals surface area (Å²) in [6.07, 6.45) is 0.786. The fourth-order valence-corrected chi connectivity index (χ4v) is 5.38. The maximum atomic E-state index is 13.0. The summed E-state index contributed by atoms with van der Waals surface area (Å²) in [5, 5.41) is 14.0. The molecule has 0 aromatic heterocycles. The first-order valence-corrected chi connectivity index (χ1v) is 11.2. The predicted octanol–water partition coefficient (Wildman–Crippen LogP) is 3.56. The summed E-state index contributed by atoms with van der Waals surface area (Å²) in [6, 6.07) is 9.62. The zero-order chi connectivity index (χ0) is 22.1. The maximum Gasteiger partial charge on any atom is 0.270 e. The summed E-state index contributed by atoms with van der Waals surface area (Å²) in [5.74, 6) is -0.408. The van der Waals surface area contributed by atoms with Gasteiger partial charge in [0.25, 0.3) is 5.69 Å². The Morgan fingerprint density at radius 2 is 1.73 bits per heavy atom. The van der Waals surface area contributed by atoms with Crippen molar-refractivity contribution in [2.75, 3.05) is 18.4 Å². The van der Waals surface area contributed by atoms with Gasteiger partial charge in [0.2, 0.25) is 15.9 Å². The first kappa shape index (κ1) is 21.9. The van der Waals surface area contributed by atoms with E-state index in [4.69, 9.17) is 0 Å². The summed E-state index contributed by atoms with van der Waals surface area (Å²) >= 11 is 0. The van der Waals surface area contributed by atoms with Gasteiger partial charge in [-0.25, -0.2) is 8.42 Å². The number of nitro groups is 1. The number of rotatable bonds is 5. The Morgan fingerprint density at radius 3 is 2.33 bits per heavy atom. The van der Waals surface area contributed by atoms with Crippen LogP contribution < -0.4 is 5.32 Å². The SMILES string of the molecule is Cc1ccc(NC(=O)C2CCN(S(=O)(=O)c3cc([N+](=O)[O-])ccc3C)CC2)c(C)c1. The molecule has 2 aromatic carbocycles. The summed E-state index contributed by atoms with van der Waals surface area (Å²) in [5.41, 5.74) is 3.04. The van der Waals surface area contributed by atoms with Crippen LogP contribution in [0.25, 0.3) is 0 Å². The van der Waals surface area contributed by atoms with Crippen molar-refractivity contribution in [2.45, 2.75) is 38.5 Å². The van der Waals surface area contributed by atoms with E-state index >= 15 is 0 Å². The molecule has 1 aliphatic heterocycles. The number of carbonyl (C=O) groups excluding carboxylic acids is 1. The number of nitro benzene ring substituents is 1. The number of carbonyl (C=O) groups is 1. The molecular formula is C21H25N3O5S. The minimum Gasteiger partial charge on any atom is -0.326 e. The van der Waals surface area contributed by atoms with Gasteiger partial charge in [-0.15, -0.1) is 0 Å². The fraction of sp³-hybridized carbons (Fsp3) is 0.381. The lowest BCUT2D eigenvalue weighted by Gasteiger charge is -2.31. The second-order valence-electron chi connectivity index (χ2n) is 7.69. The highest BCUT2D eigenvalue weighted by Gasteiger charge is 2.33. The van der Waals surface area contributed by atoms with Crippen molar-refractivity contribution in [3.05, 3.63) is 63.2 Å². The fourth-order valence-electron chi connectivity index (χ4n) is 3.67. The molecular weight excluding hydrogens is 406 g/mol. The van der Waals surface area contributed by atoms with Crippen LogP contribution in [0.2, 0.25) is 0 Å². The van der Waals surface area contributed by atoms with Crippen LogP contribution in [0.15, 0.2) is 41.3 Å². The van der Waals surface area contributed by atoms with Crippen LogP contribution in [-0.4, -0.2) is 36.6 Å². The van der Waals surface area contributed by atoms with E-state index in [1.165, 1.54) is 16.4 Å². The molecule has 9 heteroatoms. The highest BCUT2D eigenvalue weighted by atomic mass is 32.2. The zero-order valence-corrected chi connectivity index (χ0v) is 18.0. The van der Waals surface area contributed by atoms with E-state index in [-0.39, 0.29) is 35.5 Å². The standard InChI is InChI=1S/C21H25N3O5S/c1-14-4-7-19(16(3)12-14)22-21(25)17-8-10-23(11-9-17)30(28,29)20-13-18(24(26)27)6-5-15(20)2/h4-7,12-13,17H,8-11H2,1-3H3,(H,22,25). The Morgan fingerprint density at radius 1 is 1.07 bits per heavy atom. The molecule has 0 aliphatic carbocycles. The van der Waals surface area contributed by atoms with Crippen LogP contribution in [0, 0.1) is 36.8 Å². The van der Waals surface area contributed by atoms with Gasteiger partial charge < -0.3 is 5.32 Å². The number of sulfonamides is 1. The van der Waals surface area contributed by atoms with Crippen LogP contribution in [0.4, 0.5) is 11.4 Å². The van der Waals surface area contributed by atoms with Crippen molar-refractivity contribution in [1.29, 1.82) is 0 Å². The van der Waals surface area contributed by atoms with E-state index in [0.717, 1.165) is 22.9 Å². The number of nitrogens with zero attached hydrogens (tertiary/aromatic N) is 2. The highest BCUT2D eigenvalue weighted by Crippen LogP contribution is 2.29. The third-order valence-electron chi connectivity index (χ3n) is 5.46. The zero-order valence-electron chi connectivity index (χ0n) is 17.2. The Labute approximate surface area is 176 Å². The number of non-ortho nitro benzene ring substituents is 1. The maximum absolute atomic E-state index is 13.0. The number of nitrogens with one attached hydrogen (secondary N) is 1. The van der Waals surface area contributed by atoms with E-state index in [9.17, 15) is 23.3 Å². The quantitative estimate of drug-likeness (QED) is 0.575.